The topological polar surface area (TPSA) is 155 Å². The number of amides is 3. The van der Waals surface area contributed by atoms with Crippen LogP contribution in [0.3, 0.4) is 0 Å². The molecule has 12 nitrogen and oxygen atoms in total. The zero-order valence-electron chi connectivity index (χ0n) is 25.1. The lowest BCUT2D eigenvalue weighted by Gasteiger charge is -2.37. The molecule has 13 heteroatoms. The molecule has 1 aliphatic carbocycles. The van der Waals surface area contributed by atoms with Gasteiger partial charge in [0.15, 0.2) is 0 Å². The van der Waals surface area contributed by atoms with Gasteiger partial charge in [-0.2, -0.15) is 4.31 Å². The first-order valence-electron chi connectivity index (χ1n) is 14.7. The Labute approximate surface area is 249 Å². The molecule has 3 N–H and O–H groups in total. The van der Waals surface area contributed by atoms with E-state index in [2.05, 4.69) is 5.32 Å². The predicted octanol–water partition coefficient (Wildman–Crippen LogP) is 3.29. The van der Waals surface area contributed by atoms with Gasteiger partial charge in [0.1, 0.15) is 17.4 Å². The van der Waals surface area contributed by atoms with Gasteiger partial charge in [-0.3, -0.25) is 14.8 Å². The Kier molecular flexibility index (Phi) is 12.0. The number of benzene rings is 1. The van der Waals surface area contributed by atoms with Gasteiger partial charge in [-0.15, -0.1) is 0 Å². The molecule has 1 aliphatic heterocycles. The van der Waals surface area contributed by atoms with Gasteiger partial charge in [0.2, 0.25) is 15.9 Å². The molecule has 1 aromatic carbocycles. The van der Waals surface area contributed by atoms with Crippen LogP contribution in [0.25, 0.3) is 0 Å². The summed E-state index contributed by atoms with van der Waals surface area (Å²) < 4.78 is 39.4. The highest BCUT2D eigenvalue weighted by Gasteiger charge is 2.41. The number of piperidine rings is 1. The first kappa shape index (κ1) is 33.6. The first-order chi connectivity index (χ1) is 19.9. The van der Waals surface area contributed by atoms with Gasteiger partial charge in [0.25, 0.3) is 5.91 Å². The Balaban J connectivity index is 1.70. The summed E-state index contributed by atoms with van der Waals surface area (Å²) in [6.45, 7) is 6.60. The number of methoxy groups -OCH3 is 1. The van der Waals surface area contributed by atoms with Gasteiger partial charge in [-0.05, 0) is 82.6 Å². The second-order valence-electron chi connectivity index (χ2n) is 12.1. The number of carbonyl (C=O) groups is 3. The van der Waals surface area contributed by atoms with Crippen molar-refractivity contribution in [2.75, 3.05) is 33.3 Å². The van der Waals surface area contributed by atoms with E-state index in [1.54, 1.807) is 31.2 Å². The molecule has 1 atom stereocenters. The number of sulfonamides is 1. The quantitative estimate of drug-likeness (QED) is 0.255. The number of rotatable bonds is 11. The summed E-state index contributed by atoms with van der Waals surface area (Å²) >= 11 is 0. The molecular formula is C29H46N4O8S. The molecule has 1 unspecified atom stereocenters. The first-order valence-corrected chi connectivity index (χ1v) is 16.1. The number of alkyl carbamates (subject to hydrolysis) is 1. The minimum atomic E-state index is -4.21. The van der Waals surface area contributed by atoms with E-state index in [9.17, 15) is 28.0 Å². The van der Waals surface area contributed by atoms with E-state index in [0.29, 0.717) is 51.1 Å². The summed E-state index contributed by atoms with van der Waals surface area (Å²) in [6, 6.07) is 4.72. The third kappa shape index (κ3) is 9.30. The number of nitrogens with zero attached hydrogens (tertiary/aromatic N) is 2. The molecule has 1 heterocycles. The molecule has 236 valence electrons. The molecule has 2 fully saturated rings. The molecule has 1 saturated carbocycles. The maximum atomic E-state index is 13.9. The van der Waals surface area contributed by atoms with E-state index < -0.39 is 33.7 Å². The molecule has 1 aromatic rings. The highest BCUT2D eigenvalue weighted by atomic mass is 32.2. The second kappa shape index (κ2) is 15.0. The van der Waals surface area contributed by atoms with Crippen LogP contribution in [0.5, 0.6) is 5.75 Å². The van der Waals surface area contributed by atoms with E-state index in [0.717, 1.165) is 23.6 Å². The van der Waals surface area contributed by atoms with Crippen LogP contribution in [-0.2, 0) is 24.3 Å². The van der Waals surface area contributed by atoms with Crippen LogP contribution < -0.4 is 15.5 Å². The minimum Gasteiger partial charge on any atom is -0.497 e. The lowest BCUT2D eigenvalue weighted by atomic mass is 9.83. The summed E-state index contributed by atoms with van der Waals surface area (Å²) in [5, 5.41) is 12.4. The van der Waals surface area contributed by atoms with Crippen LogP contribution in [0, 0.1) is 11.8 Å². The zero-order chi connectivity index (χ0) is 30.9. The Bertz CT molecular complexity index is 1160. The molecule has 0 radical (unpaired) electrons. The van der Waals surface area contributed by atoms with Crippen LogP contribution in [0.2, 0.25) is 0 Å². The normalized spacial score (nSPS) is 17.9. The third-order valence-electron chi connectivity index (χ3n) is 7.90. The van der Waals surface area contributed by atoms with Gasteiger partial charge < -0.3 is 19.7 Å². The second-order valence-corrected chi connectivity index (χ2v) is 14.0. The van der Waals surface area contributed by atoms with Crippen molar-refractivity contribution in [1.82, 2.24) is 20.0 Å². The van der Waals surface area contributed by atoms with E-state index >= 15 is 0 Å². The molecule has 2 aliphatic rings. The fourth-order valence-electron chi connectivity index (χ4n) is 5.68. The van der Waals surface area contributed by atoms with Crippen molar-refractivity contribution < 1.29 is 37.5 Å². The number of hydrogen-bond acceptors (Lipinski definition) is 8. The maximum absolute atomic E-state index is 13.9. The van der Waals surface area contributed by atoms with E-state index in [1.165, 1.54) is 31.4 Å². The van der Waals surface area contributed by atoms with Crippen LogP contribution >= 0.6 is 0 Å². The maximum Gasteiger partial charge on any atom is 0.407 e. The van der Waals surface area contributed by atoms with Crippen LogP contribution in [0.1, 0.15) is 72.1 Å². The van der Waals surface area contributed by atoms with Crippen LogP contribution in [0.15, 0.2) is 29.2 Å². The Morgan fingerprint density at radius 2 is 1.67 bits per heavy atom. The number of nitrogens with one attached hydrogen (secondary N) is 2. The lowest BCUT2D eigenvalue weighted by Crippen LogP contribution is -2.54. The van der Waals surface area contributed by atoms with Crippen molar-refractivity contribution in [3.05, 3.63) is 24.3 Å². The van der Waals surface area contributed by atoms with Crippen molar-refractivity contribution >= 4 is 27.9 Å². The lowest BCUT2D eigenvalue weighted by molar-refractivity contribution is -0.137. The number of likely N-dealkylation sites (tertiary alicyclic amines) is 1. The fraction of sp³-hybridized carbons (Fsp3) is 0.690. The number of hydrogen-bond donors (Lipinski definition) is 3. The van der Waals surface area contributed by atoms with Gasteiger partial charge in [0.05, 0.1) is 12.0 Å². The Morgan fingerprint density at radius 1 is 1.05 bits per heavy atom. The zero-order valence-corrected chi connectivity index (χ0v) is 26.0. The summed E-state index contributed by atoms with van der Waals surface area (Å²) in [5.41, 5.74) is 1.09. The third-order valence-corrected chi connectivity index (χ3v) is 9.79. The largest absolute Gasteiger partial charge is 0.497 e. The van der Waals surface area contributed by atoms with E-state index in [4.69, 9.17) is 9.47 Å². The van der Waals surface area contributed by atoms with Gasteiger partial charge >= 0.3 is 6.09 Å². The number of carbonyl (C=O) groups excluding carboxylic acids is 3. The summed E-state index contributed by atoms with van der Waals surface area (Å²) in [6.07, 6.45) is 4.78. The van der Waals surface area contributed by atoms with Gasteiger partial charge in [-0.25, -0.2) is 18.7 Å². The van der Waals surface area contributed by atoms with Crippen molar-refractivity contribution in [1.29, 1.82) is 0 Å². The van der Waals surface area contributed by atoms with Crippen molar-refractivity contribution in [2.45, 2.75) is 88.7 Å². The molecular weight excluding hydrogens is 564 g/mol. The van der Waals surface area contributed by atoms with E-state index in [-0.39, 0.29) is 35.6 Å². The van der Waals surface area contributed by atoms with Crippen LogP contribution in [0.4, 0.5) is 4.79 Å². The highest BCUT2D eigenvalue weighted by Crippen LogP contribution is 2.33. The Hall–Kier alpha value is -2.90. The summed E-state index contributed by atoms with van der Waals surface area (Å²) in [5.74, 6) is -0.628. The number of ether oxygens (including phenoxy) is 2. The Morgan fingerprint density at radius 3 is 2.21 bits per heavy atom. The van der Waals surface area contributed by atoms with Crippen LogP contribution in [-0.4, -0.2) is 85.7 Å². The van der Waals surface area contributed by atoms with Crippen molar-refractivity contribution in [3.8, 4) is 5.75 Å². The minimum absolute atomic E-state index is 0.0272. The van der Waals surface area contributed by atoms with E-state index in [1.807, 2.05) is 0 Å². The van der Waals surface area contributed by atoms with Gasteiger partial charge in [-0.1, -0.05) is 19.3 Å². The monoisotopic (exact) mass is 610 g/mol. The molecule has 42 heavy (non-hydrogen) atoms. The molecule has 3 rings (SSSR count). The molecule has 0 aromatic heterocycles. The average molecular weight is 611 g/mol. The number of hydroxylamine groups is 1. The summed E-state index contributed by atoms with van der Waals surface area (Å²) in [7, 11) is -2.73. The standard InChI is InChI=1S/C29H46N4O8S/c1-29(2,3)41-28(36)30-20-21-14-17-32(18-15-21)25(34)16-19-33(26(27(35)31-37)22-8-6-5-7-9-22)42(38,39)24-12-10-23(40-4)11-13-24/h10-13,21-22,26,37H,5-9,14-20H2,1-4H3,(H,30,36)(H,31,35). The van der Waals surface area contributed by atoms with Crippen molar-refractivity contribution in [3.63, 3.8) is 0 Å². The van der Waals surface area contributed by atoms with Gasteiger partial charge in [0, 0.05) is 32.6 Å². The SMILES string of the molecule is COc1ccc(S(=O)(=O)N(CCC(=O)N2CCC(CNC(=O)OC(C)(C)C)CC2)C(C(=O)NO)C2CCCCC2)cc1. The molecule has 3 amide bonds. The molecule has 0 spiro atoms. The molecule has 0 bridgehead atoms. The predicted molar refractivity (Wildman–Crippen MR) is 155 cm³/mol. The molecule has 1 saturated heterocycles. The highest BCUT2D eigenvalue weighted by molar-refractivity contribution is 7.89. The van der Waals surface area contributed by atoms with Crippen molar-refractivity contribution in [2.24, 2.45) is 11.8 Å². The smallest absolute Gasteiger partial charge is 0.407 e. The average Bonchev–Trinajstić information content (AvgIpc) is 2.97. The summed E-state index contributed by atoms with van der Waals surface area (Å²) in [4.78, 5) is 39.9. The fourth-order valence-corrected chi connectivity index (χ4v) is 7.33.